The van der Waals surface area contributed by atoms with Gasteiger partial charge in [0.25, 0.3) is 0 Å². The Hall–Kier alpha value is -1.57. The number of hydrogen-bond donors (Lipinski definition) is 1. The van der Waals surface area contributed by atoms with Crippen molar-refractivity contribution in [3.05, 3.63) is 42.0 Å². The Balaban J connectivity index is 0.000000424. The molecular formula is C11H14O2. The third-order valence-electron chi connectivity index (χ3n) is 1.34. The maximum atomic E-state index is 9.19. The second-order valence-corrected chi connectivity index (χ2v) is 2.28. The maximum Gasteiger partial charge on any atom is 0.118 e. The normalized spacial score (nSPS) is 9.85. The number of allylic oxidation sites excluding steroid dienone is 1. The second-order valence-electron chi connectivity index (χ2n) is 2.28. The van der Waals surface area contributed by atoms with E-state index in [1.165, 1.54) is 6.92 Å². The molecule has 0 amide bonds. The summed E-state index contributed by atoms with van der Waals surface area (Å²) in [6, 6.07) is 9.46. The summed E-state index contributed by atoms with van der Waals surface area (Å²) in [4.78, 5) is 8.81. The number of carbonyl (C=O) groups excluding carboxylic acids is 1. The van der Waals surface area contributed by atoms with Gasteiger partial charge in [0.15, 0.2) is 0 Å². The highest BCUT2D eigenvalue weighted by Crippen LogP contribution is 2.08. The molecule has 0 saturated heterocycles. The minimum Gasteiger partial charge on any atom is -0.508 e. The number of benzene rings is 1. The predicted molar refractivity (Wildman–Crippen MR) is 54.5 cm³/mol. The van der Waals surface area contributed by atoms with Gasteiger partial charge in [0.1, 0.15) is 12.0 Å². The zero-order valence-electron chi connectivity index (χ0n) is 7.90. The molecule has 0 atom stereocenters. The third kappa shape index (κ3) is 4.80. The summed E-state index contributed by atoms with van der Waals surface area (Å²) in [5.74, 6) is 0.334. The molecule has 0 saturated carbocycles. The van der Waals surface area contributed by atoms with Crippen LogP contribution in [0, 0.1) is 0 Å². The van der Waals surface area contributed by atoms with E-state index in [1.54, 1.807) is 6.08 Å². The fourth-order valence-corrected chi connectivity index (χ4v) is 0.776. The third-order valence-corrected chi connectivity index (χ3v) is 1.34. The number of aliphatic hydroxyl groups excluding tert-OH is 1. The van der Waals surface area contributed by atoms with Crippen LogP contribution < -0.4 is 0 Å². The van der Waals surface area contributed by atoms with Crippen molar-refractivity contribution in [1.29, 1.82) is 0 Å². The minimum atomic E-state index is 0.334. The molecule has 1 rings (SSSR count). The van der Waals surface area contributed by atoms with Gasteiger partial charge in [0.2, 0.25) is 0 Å². The van der Waals surface area contributed by atoms with E-state index in [4.69, 9.17) is 4.79 Å². The van der Waals surface area contributed by atoms with Gasteiger partial charge >= 0.3 is 0 Å². The fraction of sp³-hybridized carbons (Fsp3) is 0.182. The molecule has 0 radical (unpaired) electrons. The number of aliphatic hydroxyl groups is 1. The van der Waals surface area contributed by atoms with Crippen LogP contribution in [0.3, 0.4) is 0 Å². The molecule has 2 heteroatoms. The summed E-state index contributed by atoms with van der Waals surface area (Å²) in [6.45, 7) is 3.25. The highest BCUT2D eigenvalue weighted by Gasteiger charge is 1.91. The molecule has 1 N–H and O–H groups in total. The quantitative estimate of drug-likeness (QED) is 0.530. The Morgan fingerprint density at radius 2 is 1.69 bits per heavy atom. The van der Waals surface area contributed by atoms with Gasteiger partial charge in [0.05, 0.1) is 0 Å². The Bertz CT molecular complexity index is 263. The molecule has 0 aliphatic rings. The molecule has 0 fully saturated rings. The van der Waals surface area contributed by atoms with E-state index < -0.39 is 0 Å². The first-order valence-electron chi connectivity index (χ1n) is 4.06. The van der Waals surface area contributed by atoms with Crippen LogP contribution in [0.5, 0.6) is 0 Å². The number of rotatable bonds is 1. The van der Waals surface area contributed by atoms with E-state index in [2.05, 4.69) is 0 Å². The van der Waals surface area contributed by atoms with Crippen LogP contribution in [0.1, 0.15) is 19.4 Å². The molecule has 1 aromatic rings. The number of aldehydes is 1. The van der Waals surface area contributed by atoms with Crippen molar-refractivity contribution in [3.63, 3.8) is 0 Å². The van der Waals surface area contributed by atoms with Gasteiger partial charge in [-0.25, -0.2) is 0 Å². The first kappa shape index (κ1) is 11.4. The van der Waals surface area contributed by atoms with E-state index in [0.29, 0.717) is 5.76 Å². The van der Waals surface area contributed by atoms with Crippen LogP contribution in [0.15, 0.2) is 36.4 Å². The highest BCUT2D eigenvalue weighted by atomic mass is 16.3. The molecule has 13 heavy (non-hydrogen) atoms. The monoisotopic (exact) mass is 178 g/mol. The number of hydrogen-bond acceptors (Lipinski definition) is 2. The lowest BCUT2D eigenvalue weighted by Gasteiger charge is -1.95. The van der Waals surface area contributed by atoms with Crippen LogP contribution in [0.4, 0.5) is 0 Å². The van der Waals surface area contributed by atoms with Gasteiger partial charge in [-0.05, 0) is 19.9 Å². The Kier molecular flexibility index (Phi) is 6.24. The molecule has 0 aliphatic carbocycles. The lowest BCUT2D eigenvalue weighted by molar-refractivity contribution is -0.106. The zero-order chi connectivity index (χ0) is 10.1. The lowest BCUT2D eigenvalue weighted by atomic mass is 10.2. The summed E-state index contributed by atoms with van der Waals surface area (Å²) in [5, 5.41) is 9.19. The van der Waals surface area contributed by atoms with Gasteiger partial charge in [0, 0.05) is 5.56 Å². The van der Waals surface area contributed by atoms with Crippen molar-refractivity contribution in [2.24, 2.45) is 0 Å². The van der Waals surface area contributed by atoms with Crippen molar-refractivity contribution in [2.75, 3.05) is 0 Å². The highest BCUT2D eigenvalue weighted by molar-refractivity contribution is 5.57. The van der Waals surface area contributed by atoms with Gasteiger partial charge < -0.3 is 9.90 Å². The SMILES string of the molecule is C/C=C(\O)c1ccccc1.CC=O. The molecule has 0 spiro atoms. The van der Waals surface area contributed by atoms with Crippen LogP contribution >= 0.6 is 0 Å². The first-order chi connectivity index (χ1) is 6.26. The van der Waals surface area contributed by atoms with E-state index >= 15 is 0 Å². The van der Waals surface area contributed by atoms with Crippen LogP contribution in [-0.2, 0) is 4.79 Å². The smallest absolute Gasteiger partial charge is 0.118 e. The Morgan fingerprint density at radius 3 is 2.08 bits per heavy atom. The summed E-state index contributed by atoms with van der Waals surface area (Å²) < 4.78 is 0. The molecular weight excluding hydrogens is 164 g/mol. The van der Waals surface area contributed by atoms with Crippen molar-refractivity contribution < 1.29 is 9.90 Å². The maximum absolute atomic E-state index is 9.19. The Morgan fingerprint density at radius 1 is 1.23 bits per heavy atom. The van der Waals surface area contributed by atoms with E-state index in [-0.39, 0.29) is 0 Å². The lowest BCUT2D eigenvalue weighted by Crippen LogP contribution is -1.78. The molecule has 0 unspecified atom stereocenters. The van der Waals surface area contributed by atoms with Crippen molar-refractivity contribution >= 4 is 12.0 Å². The minimum absolute atomic E-state index is 0.334. The first-order valence-corrected chi connectivity index (χ1v) is 4.06. The topological polar surface area (TPSA) is 37.3 Å². The van der Waals surface area contributed by atoms with E-state index in [0.717, 1.165) is 11.8 Å². The summed E-state index contributed by atoms with van der Waals surface area (Å²) >= 11 is 0. The second kappa shape index (κ2) is 7.10. The zero-order valence-corrected chi connectivity index (χ0v) is 7.90. The average molecular weight is 178 g/mol. The number of carbonyl (C=O) groups is 1. The van der Waals surface area contributed by atoms with Gasteiger partial charge in [-0.2, -0.15) is 0 Å². The molecule has 0 bridgehead atoms. The molecule has 70 valence electrons. The molecule has 1 aromatic carbocycles. The van der Waals surface area contributed by atoms with Gasteiger partial charge in [-0.3, -0.25) is 0 Å². The predicted octanol–water partition coefficient (Wildman–Crippen LogP) is 2.81. The summed E-state index contributed by atoms with van der Waals surface area (Å²) in [7, 11) is 0. The van der Waals surface area contributed by atoms with Crippen molar-refractivity contribution in [3.8, 4) is 0 Å². The van der Waals surface area contributed by atoms with Crippen LogP contribution in [0.2, 0.25) is 0 Å². The van der Waals surface area contributed by atoms with Crippen LogP contribution in [-0.4, -0.2) is 11.4 Å². The van der Waals surface area contributed by atoms with Gasteiger partial charge in [-0.15, -0.1) is 0 Å². The summed E-state index contributed by atoms with van der Waals surface area (Å²) in [6.07, 6.45) is 2.43. The Labute approximate surface area is 78.5 Å². The molecule has 0 aliphatic heterocycles. The largest absolute Gasteiger partial charge is 0.508 e. The van der Waals surface area contributed by atoms with E-state index in [9.17, 15) is 5.11 Å². The standard InChI is InChI=1S/C9H10O.C2H4O/c1-2-9(10)8-6-4-3-5-7-8;1-2-3/h2-7,10H,1H3;2H,1H3/b9-2-;. The van der Waals surface area contributed by atoms with Crippen molar-refractivity contribution in [2.45, 2.75) is 13.8 Å². The summed E-state index contributed by atoms with van der Waals surface area (Å²) in [5.41, 5.74) is 0.866. The van der Waals surface area contributed by atoms with E-state index in [1.807, 2.05) is 37.3 Å². The average Bonchev–Trinajstić information content (AvgIpc) is 2.19. The molecule has 0 aromatic heterocycles. The van der Waals surface area contributed by atoms with Crippen molar-refractivity contribution in [1.82, 2.24) is 0 Å². The fourth-order valence-electron chi connectivity index (χ4n) is 0.776. The molecule has 0 heterocycles. The van der Waals surface area contributed by atoms with Crippen LogP contribution in [0.25, 0.3) is 5.76 Å². The molecule has 2 nitrogen and oxygen atoms in total. The van der Waals surface area contributed by atoms with Gasteiger partial charge in [-0.1, -0.05) is 30.3 Å².